The molecular formula is C22H22FN5O3. The number of piperidine rings is 1. The number of fused-ring (bicyclic) bond motifs is 3. The third kappa shape index (κ3) is 2.83. The molecule has 0 spiro atoms. The van der Waals surface area contributed by atoms with Gasteiger partial charge in [-0.25, -0.2) is 4.39 Å². The van der Waals surface area contributed by atoms with Crippen molar-refractivity contribution in [3.8, 4) is 11.5 Å². The first-order valence-corrected chi connectivity index (χ1v) is 10.5. The van der Waals surface area contributed by atoms with Crippen molar-refractivity contribution in [3.63, 3.8) is 0 Å². The maximum atomic E-state index is 14.7. The van der Waals surface area contributed by atoms with Gasteiger partial charge in [0.1, 0.15) is 17.9 Å². The van der Waals surface area contributed by atoms with E-state index in [1.54, 1.807) is 17.3 Å². The third-order valence-electron chi connectivity index (χ3n) is 6.65. The van der Waals surface area contributed by atoms with Crippen LogP contribution in [0.1, 0.15) is 41.4 Å². The molecule has 0 aliphatic carbocycles. The molecule has 31 heavy (non-hydrogen) atoms. The van der Waals surface area contributed by atoms with Gasteiger partial charge in [0.2, 0.25) is 5.91 Å². The minimum atomic E-state index is -0.258. The van der Waals surface area contributed by atoms with Crippen LogP contribution < -0.4 is 14.8 Å². The summed E-state index contributed by atoms with van der Waals surface area (Å²) in [6.07, 6.45) is 2.91. The topological polar surface area (TPSA) is 81.0 Å². The summed E-state index contributed by atoms with van der Waals surface area (Å²) in [4.78, 5) is 14.1. The molecule has 1 amide bonds. The Morgan fingerprint density at radius 1 is 1.19 bits per heavy atom. The number of aromatic nitrogens is 3. The number of amides is 1. The van der Waals surface area contributed by atoms with E-state index in [1.807, 2.05) is 17.5 Å². The first kappa shape index (κ1) is 18.4. The summed E-state index contributed by atoms with van der Waals surface area (Å²) in [6.45, 7) is 1.84. The molecule has 0 radical (unpaired) electrons. The van der Waals surface area contributed by atoms with Crippen LogP contribution in [0.25, 0.3) is 5.65 Å². The maximum absolute atomic E-state index is 14.7. The molecule has 3 aromatic rings. The summed E-state index contributed by atoms with van der Waals surface area (Å²) in [5.41, 5.74) is 3.12. The van der Waals surface area contributed by atoms with Crippen molar-refractivity contribution in [1.29, 1.82) is 0 Å². The number of carbonyl (C=O) groups is 1. The fourth-order valence-electron chi connectivity index (χ4n) is 4.92. The summed E-state index contributed by atoms with van der Waals surface area (Å²) in [5.74, 6) is 1.92. The van der Waals surface area contributed by atoms with Crippen molar-refractivity contribution in [1.82, 2.24) is 19.5 Å². The smallest absolute Gasteiger partial charge is 0.222 e. The van der Waals surface area contributed by atoms with E-state index in [-0.39, 0.29) is 23.6 Å². The highest BCUT2D eigenvalue weighted by Crippen LogP contribution is 2.42. The molecular weight excluding hydrogens is 401 g/mol. The van der Waals surface area contributed by atoms with Crippen molar-refractivity contribution >= 4 is 17.4 Å². The number of benzene rings is 1. The van der Waals surface area contributed by atoms with Crippen molar-refractivity contribution < 1.29 is 18.7 Å². The van der Waals surface area contributed by atoms with Gasteiger partial charge in [0.25, 0.3) is 0 Å². The molecule has 8 nitrogen and oxygen atoms in total. The van der Waals surface area contributed by atoms with Gasteiger partial charge in [0, 0.05) is 43.2 Å². The molecule has 0 saturated carbocycles. The summed E-state index contributed by atoms with van der Waals surface area (Å²) < 4.78 is 28.6. The van der Waals surface area contributed by atoms with Gasteiger partial charge in [-0.2, -0.15) is 0 Å². The molecule has 9 heteroatoms. The van der Waals surface area contributed by atoms with Gasteiger partial charge >= 0.3 is 0 Å². The average molecular weight is 423 g/mol. The average Bonchev–Trinajstić information content (AvgIpc) is 3.41. The van der Waals surface area contributed by atoms with Crippen molar-refractivity contribution in [2.24, 2.45) is 0 Å². The molecule has 160 valence electrons. The van der Waals surface area contributed by atoms with E-state index < -0.39 is 0 Å². The molecule has 5 heterocycles. The number of ether oxygens (including phenoxy) is 2. The number of hydrogen-bond acceptors (Lipinski definition) is 6. The lowest BCUT2D eigenvalue weighted by Crippen LogP contribution is -2.35. The summed E-state index contributed by atoms with van der Waals surface area (Å²) >= 11 is 0. The van der Waals surface area contributed by atoms with Crippen LogP contribution in [0.15, 0.2) is 24.5 Å². The van der Waals surface area contributed by atoms with Gasteiger partial charge in [-0.3, -0.25) is 9.20 Å². The van der Waals surface area contributed by atoms with Crippen LogP contribution in [0.2, 0.25) is 0 Å². The molecule has 2 atom stereocenters. The molecule has 1 fully saturated rings. The number of rotatable bonds is 1. The molecule has 3 aliphatic rings. The van der Waals surface area contributed by atoms with Gasteiger partial charge in [-0.05, 0) is 30.5 Å². The van der Waals surface area contributed by atoms with E-state index in [0.717, 1.165) is 23.3 Å². The van der Waals surface area contributed by atoms with Gasteiger partial charge in [-0.1, -0.05) is 0 Å². The Bertz CT molecular complexity index is 1210. The lowest BCUT2D eigenvalue weighted by atomic mass is 9.89. The number of nitrogens with one attached hydrogen (secondary N) is 1. The molecule has 1 saturated heterocycles. The van der Waals surface area contributed by atoms with Crippen molar-refractivity contribution in [2.45, 2.75) is 31.2 Å². The highest BCUT2D eigenvalue weighted by Gasteiger charge is 2.33. The van der Waals surface area contributed by atoms with Crippen molar-refractivity contribution in [2.75, 3.05) is 32.1 Å². The minimum Gasteiger partial charge on any atom is -0.493 e. The predicted molar refractivity (Wildman–Crippen MR) is 110 cm³/mol. The summed E-state index contributed by atoms with van der Waals surface area (Å²) in [5, 5.41) is 11.8. The van der Waals surface area contributed by atoms with E-state index in [9.17, 15) is 9.18 Å². The Hall–Kier alpha value is -3.36. The molecule has 0 unspecified atom stereocenters. The van der Waals surface area contributed by atoms with E-state index in [4.69, 9.17) is 9.47 Å². The lowest BCUT2D eigenvalue weighted by molar-refractivity contribution is -0.132. The number of hydrogen-bond donors (Lipinski definition) is 1. The Balaban J connectivity index is 1.45. The third-order valence-corrected chi connectivity index (χ3v) is 6.65. The predicted octanol–water partition coefficient (Wildman–Crippen LogP) is 2.68. The van der Waals surface area contributed by atoms with Gasteiger partial charge in [0.15, 0.2) is 17.2 Å². The second kappa shape index (κ2) is 6.83. The molecule has 2 aromatic heterocycles. The van der Waals surface area contributed by atoms with Crippen LogP contribution in [0.4, 0.5) is 10.2 Å². The van der Waals surface area contributed by atoms with Crippen LogP contribution in [-0.2, 0) is 11.3 Å². The molecule has 1 N–H and O–H groups in total. The van der Waals surface area contributed by atoms with Gasteiger partial charge in [0.05, 0.1) is 19.1 Å². The fraction of sp³-hybridized carbons (Fsp3) is 0.409. The first-order chi connectivity index (χ1) is 15.1. The molecule has 3 aliphatic heterocycles. The number of anilines is 1. The zero-order valence-corrected chi connectivity index (χ0v) is 17.1. The van der Waals surface area contributed by atoms with Gasteiger partial charge < -0.3 is 19.7 Å². The largest absolute Gasteiger partial charge is 0.493 e. The Morgan fingerprint density at radius 3 is 2.87 bits per heavy atom. The molecule has 0 bridgehead atoms. The normalized spacial score (nSPS) is 22.5. The van der Waals surface area contributed by atoms with E-state index in [1.165, 1.54) is 6.07 Å². The minimum absolute atomic E-state index is 0.0431. The van der Waals surface area contributed by atoms with Crippen LogP contribution in [-0.4, -0.2) is 52.2 Å². The van der Waals surface area contributed by atoms with Gasteiger partial charge in [-0.15, -0.1) is 10.2 Å². The summed E-state index contributed by atoms with van der Waals surface area (Å²) in [6, 6.07) is 5.11. The van der Waals surface area contributed by atoms with Crippen LogP contribution in [0.3, 0.4) is 0 Å². The Kier molecular flexibility index (Phi) is 4.06. The zero-order chi connectivity index (χ0) is 21.1. The zero-order valence-electron chi connectivity index (χ0n) is 17.1. The molecule has 1 aromatic carbocycles. The Labute approximate surface area is 178 Å². The second-order valence-corrected chi connectivity index (χ2v) is 8.45. The Morgan fingerprint density at radius 2 is 2.03 bits per heavy atom. The highest BCUT2D eigenvalue weighted by atomic mass is 19.1. The van der Waals surface area contributed by atoms with Crippen LogP contribution >= 0.6 is 0 Å². The monoisotopic (exact) mass is 423 g/mol. The standard InChI is InChI=1S/C22H22FN5O3/c1-27-5-4-12(6-19(27)29)14-7-18-22(28-11-25-26-21(14)28)24-8-15-16(23)2-3-17-20(15)13(9-30-17)10-31-18/h2-3,7,11-13,24H,4-6,8-10H2,1H3/t12-,13+/m0/s1. The summed E-state index contributed by atoms with van der Waals surface area (Å²) in [7, 11) is 1.83. The number of nitrogens with zero attached hydrogens (tertiary/aromatic N) is 4. The van der Waals surface area contributed by atoms with E-state index >= 15 is 0 Å². The van der Waals surface area contributed by atoms with Crippen molar-refractivity contribution in [3.05, 3.63) is 47.0 Å². The highest BCUT2D eigenvalue weighted by molar-refractivity contribution is 5.78. The first-order valence-electron chi connectivity index (χ1n) is 10.5. The quantitative estimate of drug-likeness (QED) is 0.648. The number of likely N-dealkylation sites (tertiary alicyclic amines) is 1. The van der Waals surface area contributed by atoms with Crippen LogP contribution in [0.5, 0.6) is 11.5 Å². The number of carbonyl (C=O) groups excluding carboxylic acids is 1. The maximum Gasteiger partial charge on any atom is 0.222 e. The number of pyridine rings is 1. The fourth-order valence-corrected chi connectivity index (χ4v) is 4.92. The SMILES string of the molecule is CN1CC[C@H](c2cc3c(n4cnnc24)NCc2c(F)ccc4c2[C@H](CO4)CO3)CC1=O. The lowest BCUT2D eigenvalue weighted by Gasteiger charge is -2.29. The molecule has 6 rings (SSSR count). The van der Waals surface area contributed by atoms with E-state index in [0.29, 0.717) is 55.5 Å². The number of halogens is 1. The van der Waals surface area contributed by atoms with E-state index in [2.05, 4.69) is 15.5 Å². The second-order valence-electron chi connectivity index (χ2n) is 8.45. The van der Waals surface area contributed by atoms with Crippen LogP contribution in [0, 0.1) is 5.82 Å².